The number of hydrogen-bond acceptors (Lipinski definition) is 3. The summed E-state index contributed by atoms with van der Waals surface area (Å²) >= 11 is 0. The number of rotatable bonds is 10. The summed E-state index contributed by atoms with van der Waals surface area (Å²) in [7, 11) is 3.50. The van der Waals surface area contributed by atoms with Crippen LogP contribution in [0.25, 0.3) is 0 Å². The molecule has 0 aliphatic heterocycles. The van der Waals surface area contributed by atoms with Crippen LogP contribution in [-0.2, 0) is 11.3 Å². The third kappa shape index (κ3) is 10.6. The number of halogens is 1. The zero-order chi connectivity index (χ0) is 18.5. The van der Waals surface area contributed by atoms with Crippen LogP contribution >= 0.6 is 24.0 Å². The summed E-state index contributed by atoms with van der Waals surface area (Å²) in [6.45, 7) is 6.01. The van der Waals surface area contributed by atoms with Crippen LogP contribution < -0.4 is 10.6 Å². The van der Waals surface area contributed by atoms with Gasteiger partial charge in [0.2, 0.25) is 5.91 Å². The Kier molecular flexibility index (Phi) is 14.0. The minimum atomic E-state index is 0. The Morgan fingerprint density at radius 3 is 2.62 bits per heavy atom. The monoisotopic (exact) mass is 475 g/mol. The van der Waals surface area contributed by atoms with E-state index in [1.807, 2.05) is 18.2 Å². The SMILES string of the molecule is CCCCC(CC)CNC(=NCc1ccccn1)NCC(=O)N(C)C.I. The topological polar surface area (TPSA) is 69.6 Å². The van der Waals surface area contributed by atoms with Gasteiger partial charge in [-0.2, -0.15) is 0 Å². The molecule has 0 spiro atoms. The van der Waals surface area contributed by atoms with E-state index in [4.69, 9.17) is 0 Å². The van der Waals surface area contributed by atoms with Gasteiger partial charge in [0.15, 0.2) is 5.96 Å². The highest BCUT2D eigenvalue weighted by Gasteiger charge is 2.09. The molecule has 0 radical (unpaired) electrons. The Balaban J connectivity index is 0.00000625. The van der Waals surface area contributed by atoms with E-state index in [1.54, 1.807) is 25.2 Å². The number of nitrogens with zero attached hydrogens (tertiary/aromatic N) is 3. The lowest BCUT2D eigenvalue weighted by atomic mass is 9.99. The predicted molar refractivity (Wildman–Crippen MR) is 119 cm³/mol. The van der Waals surface area contributed by atoms with Gasteiger partial charge in [0.05, 0.1) is 18.8 Å². The summed E-state index contributed by atoms with van der Waals surface area (Å²) in [4.78, 5) is 22.3. The van der Waals surface area contributed by atoms with Gasteiger partial charge in [0, 0.05) is 26.8 Å². The summed E-state index contributed by atoms with van der Waals surface area (Å²) in [5, 5.41) is 6.51. The molecule has 1 unspecified atom stereocenters. The van der Waals surface area contributed by atoms with Crippen LogP contribution in [0.4, 0.5) is 0 Å². The lowest BCUT2D eigenvalue weighted by Gasteiger charge is -2.19. The van der Waals surface area contributed by atoms with E-state index in [0.717, 1.165) is 18.7 Å². The van der Waals surface area contributed by atoms with Crippen LogP contribution in [-0.4, -0.2) is 48.9 Å². The smallest absolute Gasteiger partial charge is 0.241 e. The van der Waals surface area contributed by atoms with Crippen LogP contribution in [0.3, 0.4) is 0 Å². The number of guanidine groups is 1. The van der Waals surface area contributed by atoms with Crippen LogP contribution in [0, 0.1) is 5.92 Å². The normalized spacial score (nSPS) is 12.1. The third-order valence-electron chi connectivity index (χ3n) is 4.13. The van der Waals surface area contributed by atoms with Crippen molar-refractivity contribution >= 4 is 35.8 Å². The molecule has 7 heteroatoms. The fourth-order valence-electron chi connectivity index (χ4n) is 2.33. The number of carbonyl (C=O) groups excluding carboxylic acids is 1. The Bertz CT molecular complexity index is 522. The van der Waals surface area contributed by atoms with Gasteiger partial charge in [-0.05, 0) is 24.5 Å². The molecule has 0 aliphatic carbocycles. The molecule has 1 rings (SSSR count). The van der Waals surface area contributed by atoms with Crippen LogP contribution in [0.5, 0.6) is 0 Å². The molecule has 0 bridgehead atoms. The number of carbonyl (C=O) groups is 1. The first-order valence-corrected chi connectivity index (χ1v) is 9.19. The van der Waals surface area contributed by atoms with Gasteiger partial charge in [-0.25, -0.2) is 4.99 Å². The second kappa shape index (κ2) is 14.8. The first kappa shape index (κ1) is 24.6. The lowest BCUT2D eigenvalue weighted by Crippen LogP contribution is -2.44. The minimum Gasteiger partial charge on any atom is -0.356 e. The maximum absolute atomic E-state index is 11.8. The maximum atomic E-state index is 11.8. The molecule has 1 aromatic rings. The fourth-order valence-corrected chi connectivity index (χ4v) is 2.33. The van der Waals surface area contributed by atoms with Crippen molar-refractivity contribution in [2.45, 2.75) is 46.1 Å². The number of amides is 1. The van der Waals surface area contributed by atoms with Crippen molar-refractivity contribution in [2.75, 3.05) is 27.2 Å². The molecule has 2 N–H and O–H groups in total. The number of unbranched alkanes of at least 4 members (excludes halogenated alkanes) is 1. The number of aliphatic imine (C=N–C) groups is 1. The summed E-state index contributed by atoms with van der Waals surface area (Å²) in [6, 6.07) is 5.79. The van der Waals surface area contributed by atoms with Crippen molar-refractivity contribution in [1.82, 2.24) is 20.5 Å². The highest BCUT2D eigenvalue weighted by molar-refractivity contribution is 14.0. The summed E-state index contributed by atoms with van der Waals surface area (Å²) in [5.41, 5.74) is 0.903. The highest BCUT2D eigenvalue weighted by Crippen LogP contribution is 2.11. The molecule has 0 fully saturated rings. The van der Waals surface area contributed by atoms with Crippen LogP contribution in [0.1, 0.15) is 45.2 Å². The Hall–Kier alpha value is -1.38. The van der Waals surface area contributed by atoms with E-state index in [2.05, 4.69) is 34.5 Å². The first-order chi connectivity index (χ1) is 12.1. The van der Waals surface area contributed by atoms with Gasteiger partial charge in [-0.1, -0.05) is 39.2 Å². The molecular formula is C19H34IN5O. The third-order valence-corrected chi connectivity index (χ3v) is 4.13. The molecule has 0 saturated heterocycles. The van der Waals surface area contributed by atoms with E-state index in [9.17, 15) is 4.79 Å². The van der Waals surface area contributed by atoms with E-state index in [0.29, 0.717) is 18.4 Å². The van der Waals surface area contributed by atoms with E-state index < -0.39 is 0 Å². The molecule has 1 heterocycles. The molecule has 26 heavy (non-hydrogen) atoms. The summed E-state index contributed by atoms with van der Waals surface area (Å²) in [5.74, 6) is 1.30. The van der Waals surface area contributed by atoms with Gasteiger partial charge in [0.1, 0.15) is 0 Å². The molecular weight excluding hydrogens is 441 g/mol. The van der Waals surface area contributed by atoms with Crippen molar-refractivity contribution in [1.29, 1.82) is 0 Å². The quantitative estimate of drug-likeness (QED) is 0.310. The van der Waals surface area contributed by atoms with Gasteiger partial charge in [0.25, 0.3) is 0 Å². The number of nitrogens with one attached hydrogen (secondary N) is 2. The molecule has 1 atom stereocenters. The van der Waals surface area contributed by atoms with E-state index in [-0.39, 0.29) is 36.4 Å². The molecule has 0 aliphatic rings. The molecule has 1 aromatic heterocycles. The van der Waals surface area contributed by atoms with Gasteiger partial charge >= 0.3 is 0 Å². The average Bonchev–Trinajstić information content (AvgIpc) is 2.63. The standard InChI is InChI=1S/C19H33N5O.HI/c1-5-7-10-16(6-2)13-21-19(23-15-18(25)24(3)4)22-14-17-11-8-9-12-20-17;/h8-9,11-12,16H,5-7,10,13-15H2,1-4H3,(H2,21,22,23);1H. The highest BCUT2D eigenvalue weighted by atomic mass is 127. The summed E-state index contributed by atoms with van der Waals surface area (Å²) < 4.78 is 0. The number of likely N-dealkylation sites (N-methyl/N-ethyl adjacent to an activating group) is 1. The molecule has 6 nitrogen and oxygen atoms in total. The first-order valence-electron chi connectivity index (χ1n) is 9.19. The van der Waals surface area contributed by atoms with Crippen molar-refractivity contribution < 1.29 is 4.79 Å². The second-order valence-electron chi connectivity index (χ2n) is 6.43. The number of hydrogen-bond donors (Lipinski definition) is 2. The van der Waals surface area contributed by atoms with Crippen molar-refractivity contribution in [3.63, 3.8) is 0 Å². The number of pyridine rings is 1. The second-order valence-corrected chi connectivity index (χ2v) is 6.43. The zero-order valence-electron chi connectivity index (χ0n) is 16.5. The molecule has 0 aromatic carbocycles. The van der Waals surface area contributed by atoms with Crippen LogP contribution in [0.15, 0.2) is 29.4 Å². The maximum Gasteiger partial charge on any atom is 0.241 e. The summed E-state index contributed by atoms with van der Waals surface area (Å²) in [6.07, 6.45) is 6.57. The van der Waals surface area contributed by atoms with Crippen molar-refractivity contribution in [3.8, 4) is 0 Å². The van der Waals surface area contributed by atoms with Gasteiger partial charge in [-0.15, -0.1) is 24.0 Å². The van der Waals surface area contributed by atoms with Gasteiger partial charge in [-0.3, -0.25) is 9.78 Å². The molecule has 148 valence electrons. The van der Waals surface area contributed by atoms with E-state index in [1.165, 1.54) is 19.3 Å². The predicted octanol–water partition coefficient (Wildman–Crippen LogP) is 3.04. The Labute approximate surface area is 175 Å². The number of aromatic nitrogens is 1. The fraction of sp³-hybridized carbons (Fsp3) is 0.632. The van der Waals surface area contributed by atoms with Crippen molar-refractivity contribution in [2.24, 2.45) is 10.9 Å². The van der Waals surface area contributed by atoms with E-state index >= 15 is 0 Å². The Morgan fingerprint density at radius 2 is 2.04 bits per heavy atom. The minimum absolute atomic E-state index is 0. The average molecular weight is 475 g/mol. The zero-order valence-corrected chi connectivity index (χ0v) is 18.8. The van der Waals surface area contributed by atoms with Gasteiger partial charge < -0.3 is 15.5 Å². The lowest BCUT2D eigenvalue weighted by molar-refractivity contribution is -0.127. The Morgan fingerprint density at radius 1 is 1.27 bits per heavy atom. The largest absolute Gasteiger partial charge is 0.356 e. The van der Waals surface area contributed by atoms with Crippen LogP contribution in [0.2, 0.25) is 0 Å². The molecule has 1 amide bonds. The molecule has 0 saturated carbocycles. The van der Waals surface area contributed by atoms with Crippen molar-refractivity contribution in [3.05, 3.63) is 30.1 Å².